The van der Waals surface area contributed by atoms with E-state index in [-0.39, 0.29) is 10.4 Å². The number of alkyl halides is 3. The third-order valence-corrected chi connectivity index (χ3v) is 6.96. The Hall–Kier alpha value is -2.92. The third kappa shape index (κ3) is 4.22. The first-order chi connectivity index (χ1) is 15.1. The summed E-state index contributed by atoms with van der Waals surface area (Å²) >= 11 is 0. The molecule has 0 bridgehead atoms. The molecule has 1 aromatic heterocycles. The van der Waals surface area contributed by atoms with Crippen molar-refractivity contribution in [3.05, 3.63) is 59.9 Å². The van der Waals surface area contributed by atoms with Gasteiger partial charge in [-0.3, -0.25) is 4.90 Å². The van der Waals surface area contributed by atoms with E-state index in [4.69, 9.17) is 0 Å². The monoisotopic (exact) mass is 470 g/mol. The van der Waals surface area contributed by atoms with Crippen LogP contribution < -0.4 is 4.74 Å². The molecule has 32 heavy (non-hydrogen) atoms. The molecule has 0 aliphatic carbocycles. The SMILES string of the molecule is O=C(Oc1cc2c(CN3CCCC3)cccc2n1S(=O)(=O)c1ccc(F)cc1)C(F)(F)F. The molecule has 0 N–H and O–H groups in total. The Balaban J connectivity index is 1.89. The number of hydrogen-bond acceptors (Lipinski definition) is 5. The zero-order chi connectivity index (χ0) is 23.1. The highest BCUT2D eigenvalue weighted by Crippen LogP contribution is 2.34. The van der Waals surface area contributed by atoms with Crippen LogP contribution in [0.15, 0.2) is 53.4 Å². The first kappa shape index (κ1) is 22.3. The molecule has 6 nitrogen and oxygen atoms in total. The van der Waals surface area contributed by atoms with Crippen molar-refractivity contribution in [1.82, 2.24) is 8.87 Å². The van der Waals surface area contributed by atoms with Crippen LogP contribution in [-0.4, -0.2) is 42.5 Å². The highest BCUT2D eigenvalue weighted by molar-refractivity contribution is 7.90. The van der Waals surface area contributed by atoms with E-state index in [0.29, 0.717) is 21.5 Å². The van der Waals surface area contributed by atoms with E-state index in [1.54, 1.807) is 12.1 Å². The Morgan fingerprint density at radius 2 is 1.69 bits per heavy atom. The molecule has 170 valence electrons. The van der Waals surface area contributed by atoms with E-state index >= 15 is 0 Å². The summed E-state index contributed by atoms with van der Waals surface area (Å²) in [4.78, 5) is 13.3. The van der Waals surface area contributed by atoms with Crippen LogP contribution in [0.25, 0.3) is 10.9 Å². The Morgan fingerprint density at radius 3 is 2.31 bits per heavy atom. The molecule has 3 aromatic rings. The Morgan fingerprint density at radius 1 is 1.03 bits per heavy atom. The summed E-state index contributed by atoms with van der Waals surface area (Å²) in [5.74, 6) is -4.02. The second-order valence-electron chi connectivity index (χ2n) is 7.43. The van der Waals surface area contributed by atoms with Gasteiger partial charge in [-0.25, -0.2) is 21.6 Å². The minimum Gasteiger partial charge on any atom is -0.402 e. The van der Waals surface area contributed by atoms with E-state index in [2.05, 4.69) is 9.64 Å². The van der Waals surface area contributed by atoms with Crippen LogP contribution in [0.2, 0.25) is 0 Å². The van der Waals surface area contributed by atoms with Gasteiger partial charge in [0.2, 0.25) is 5.88 Å². The van der Waals surface area contributed by atoms with E-state index in [0.717, 1.165) is 56.3 Å². The molecule has 4 rings (SSSR count). The number of benzene rings is 2. The van der Waals surface area contributed by atoms with Crippen molar-refractivity contribution < 1.29 is 35.5 Å². The summed E-state index contributed by atoms with van der Waals surface area (Å²) in [6.45, 7) is 2.16. The molecule has 0 saturated carbocycles. The smallest absolute Gasteiger partial charge is 0.402 e. The molecule has 11 heteroatoms. The fourth-order valence-electron chi connectivity index (χ4n) is 3.75. The number of carbonyl (C=O) groups excluding carboxylic acids is 1. The predicted octanol–water partition coefficient (Wildman–Crippen LogP) is 4.08. The molecule has 2 aromatic carbocycles. The lowest BCUT2D eigenvalue weighted by Crippen LogP contribution is -2.29. The molecule has 1 saturated heterocycles. The molecular formula is C21H18F4N2O4S. The van der Waals surface area contributed by atoms with Crippen molar-refractivity contribution in [2.24, 2.45) is 0 Å². The summed E-state index contributed by atoms with van der Waals surface area (Å²) < 4.78 is 83.5. The highest BCUT2D eigenvalue weighted by Gasteiger charge is 2.42. The van der Waals surface area contributed by atoms with Crippen LogP contribution in [0.4, 0.5) is 17.6 Å². The maximum absolute atomic E-state index is 13.3. The maximum Gasteiger partial charge on any atom is 0.491 e. The maximum atomic E-state index is 13.3. The second kappa shape index (κ2) is 8.21. The second-order valence-corrected chi connectivity index (χ2v) is 9.21. The van der Waals surface area contributed by atoms with Crippen LogP contribution in [-0.2, 0) is 21.4 Å². The average molecular weight is 470 g/mol. The van der Waals surface area contributed by atoms with Gasteiger partial charge in [-0.2, -0.15) is 13.2 Å². The van der Waals surface area contributed by atoms with Crippen molar-refractivity contribution in [3.63, 3.8) is 0 Å². The molecule has 1 fully saturated rings. The number of nitrogens with zero attached hydrogens (tertiary/aromatic N) is 2. The van der Waals surface area contributed by atoms with Gasteiger partial charge in [0.1, 0.15) is 5.82 Å². The topological polar surface area (TPSA) is 68.6 Å². The standard InChI is InChI=1S/C21H18F4N2O4S/c22-15-6-8-16(9-7-15)32(29,30)27-18-5-3-4-14(13-26-10-1-2-11-26)17(18)12-19(27)31-20(28)21(23,24)25/h3-9,12H,1-2,10-11,13H2. The number of likely N-dealkylation sites (tertiary alicyclic amines) is 1. The first-order valence-corrected chi connectivity index (χ1v) is 11.2. The van der Waals surface area contributed by atoms with E-state index < -0.39 is 33.9 Å². The third-order valence-electron chi connectivity index (χ3n) is 5.23. The number of rotatable bonds is 5. The molecule has 0 unspecified atom stereocenters. The molecule has 1 aliphatic heterocycles. The van der Waals surface area contributed by atoms with Gasteiger partial charge in [-0.15, -0.1) is 0 Å². The van der Waals surface area contributed by atoms with Gasteiger partial charge in [0.05, 0.1) is 10.4 Å². The fraction of sp³-hybridized carbons (Fsp3) is 0.286. The number of ether oxygens (including phenoxy) is 1. The number of aromatic nitrogens is 1. The summed E-state index contributed by atoms with van der Waals surface area (Å²) in [6.07, 6.45) is -3.28. The summed E-state index contributed by atoms with van der Waals surface area (Å²) in [6, 6.07) is 9.66. The van der Waals surface area contributed by atoms with Gasteiger partial charge in [0.25, 0.3) is 10.0 Å². The zero-order valence-electron chi connectivity index (χ0n) is 16.6. The quantitative estimate of drug-likeness (QED) is 0.415. The van der Waals surface area contributed by atoms with Crippen molar-refractivity contribution in [2.45, 2.75) is 30.5 Å². The Bertz CT molecular complexity index is 1260. The Kier molecular flexibility index (Phi) is 5.72. The van der Waals surface area contributed by atoms with Crippen LogP contribution in [0.5, 0.6) is 5.88 Å². The van der Waals surface area contributed by atoms with Crippen LogP contribution in [0, 0.1) is 5.82 Å². The minimum atomic E-state index is -5.32. The summed E-state index contributed by atoms with van der Waals surface area (Å²) in [5.41, 5.74) is 0.734. The Labute approximate surface area is 181 Å². The van der Waals surface area contributed by atoms with Crippen molar-refractivity contribution >= 4 is 26.9 Å². The molecular weight excluding hydrogens is 452 g/mol. The number of carbonyl (C=O) groups is 1. The van der Waals surface area contributed by atoms with Crippen molar-refractivity contribution in [2.75, 3.05) is 13.1 Å². The molecule has 0 amide bonds. The lowest BCUT2D eigenvalue weighted by Gasteiger charge is -2.15. The van der Waals surface area contributed by atoms with Crippen molar-refractivity contribution in [3.8, 4) is 5.88 Å². The van der Waals surface area contributed by atoms with Gasteiger partial charge < -0.3 is 4.74 Å². The fourth-order valence-corrected chi connectivity index (χ4v) is 5.18. The molecule has 0 atom stereocenters. The van der Waals surface area contributed by atoms with Crippen LogP contribution in [0.1, 0.15) is 18.4 Å². The molecule has 0 spiro atoms. The molecule has 0 radical (unpaired) electrons. The summed E-state index contributed by atoms with van der Waals surface area (Å²) in [5, 5.41) is 0.343. The number of halogens is 4. The van der Waals surface area contributed by atoms with Gasteiger partial charge in [-0.05, 0) is 61.8 Å². The lowest BCUT2D eigenvalue weighted by molar-refractivity contribution is -0.190. The molecule has 2 heterocycles. The number of esters is 1. The van der Waals surface area contributed by atoms with Crippen LogP contribution >= 0.6 is 0 Å². The van der Waals surface area contributed by atoms with Gasteiger partial charge >= 0.3 is 12.1 Å². The molecule has 1 aliphatic rings. The number of hydrogen-bond donors (Lipinski definition) is 0. The van der Waals surface area contributed by atoms with Gasteiger partial charge in [0.15, 0.2) is 0 Å². The van der Waals surface area contributed by atoms with Gasteiger partial charge in [-0.1, -0.05) is 12.1 Å². The largest absolute Gasteiger partial charge is 0.491 e. The average Bonchev–Trinajstić information content (AvgIpc) is 3.35. The van der Waals surface area contributed by atoms with Crippen molar-refractivity contribution in [1.29, 1.82) is 0 Å². The number of fused-ring (bicyclic) bond motifs is 1. The van der Waals surface area contributed by atoms with E-state index in [9.17, 15) is 30.8 Å². The van der Waals surface area contributed by atoms with Crippen LogP contribution in [0.3, 0.4) is 0 Å². The van der Waals surface area contributed by atoms with E-state index in [1.807, 2.05) is 0 Å². The minimum absolute atomic E-state index is 0.0518. The normalized spacial score (nSPS) is 15.4. The highest BCUT2D eigenvalue weighted by atomic mass is 32.2. The predicted molar refractivity (Wildman–Crippen MR) is 107 cm³/mol. The first-order valence-electron chi connectivity index (χ1n) is 9.73. The summed E-state index contributed by atoms with van der Waals surface area (Å²) in [7, 11) is -4.51. The van der Waals surface area contributed by atoms with E-state index in [1.165, 1.54) is 6.07 Å². The zero-order valence-corrected chi connectivity index (χ0v) is 17.4. The van der Waals surface area contributed by atoms with Gasteiger partial charge in [0, 0.05) is 18.0 Å². The lowest BCUT2D eigenvalue weighted by atomic mass is 10.1.